The maximum absolute atomic E-state index is 12.7. The van der Waals surface area contributed by atoms with Crippen LogP contribution in [0, 0.1) is 6.92 Å². The van der Waals surface area contributed by atoms with Crippen LogP contribution in [0.3, 0.4) is 0 Å². The predicted molar refractivity (Wildman–Crippen MR) is 87.3 cm³/mol. The van der Waals surface area contributed by atoms with Crippen molar-refractivity contribution in [2.24, 2.45) is 0 Å². The van der Waals surface area contributed by atoms with Crippen molar-refractivity contribution in [3.63, 3.8) is 0 Å². The number of nitrogens with zero attached hydrogens (tertiary/aromatic N) is 2. The average molecular weight is 315 g/mol. The van der Waals surface area contributed by atoms with E-state index >= 15 is 0 Å². The lowest BCUT2D eigenvalue weighted by atomic mass is 10.1. The number of carbonyl (C=O) groups excluding carboxylic acids is 1. The van der Waals surface area contributed by atoms with Crippen molar-refractivity contribution in [3.05, 3.63) is 35.5 Å². The van der Waals surface area contributed by atoms with E-state index in [2.05, 4.69) is 17.3 Å². The van der Waals surface area contributed by atoms with Gasteiger partial charge in [-0.25, -0.2) is 4.68 Å². The maximum Gasteiger partial charge on any atom is 0.260 e. The first-order valence-electron chi connectivity index (χ1n) is 7.93. The molecule has 0 saturated carbocycles. The van der Waals surface area contributed by atoms with Crippen LogP contribution >= 0.6 is 0 Å². The first kappa shape index (κ1) is 15.4. The average Bonchev–Trinajstić information content (AvgIpc) is 2.92. The van der Waals surface area contributed by atoms with Crippen LogP contribution in [0.2, 0.25) is 0 Å². The first-order chi connectivity index (χ1) is 11.2. The quantitative estimate of drug-likeness (QED) is 0.921. The summed E-state index contributed by atoms with van der Waals surface area (Å²) in [7, 11) is 0. The van der Waals surface area contributed by atoms with Gasteiger partial charge >= 0.3 is 0 Å². The molecule has 2 aromatic rings. The van der Waals surface area contributed by atoms with Crippen molar-refractivity contribution in [2.45, 2.75) is 33.2 Å². The second-order valence-electron chi connectivity index (χ2n) is 5.54. The topological polar surface area (TPSA) is 65.4 Å². The molecule has 1 aliphatic rings. The predicted octanol–water partition coefficient (Wildman–Crippen LogP) is 3.02. The van der Waals surface area contributed by atoms with Gasteiger partial charge in [-0.1, -0.05) is 19.4 Å². The number of aryl methyl sites for hydroxylation is 2. The second kappa shape index (κ2) is 6.73. The van der Waals surface area contributed by atoms with E-state index in [-0.39, 0.29) is 5.91 Å². The van der Waals surface area contributed by atoms with E-state index < -0.39 is 0 Å². The smallest absolute Gasteiger partial charge is 0.260 e. The zero-order valence-electron chi connectivity index (χ0n) is 13.5. The first-order valence-corrected chi connectivity index (χ1v) is 7.93. The monoisotopic (exact) mass is 315 g/mol. The Labute approximate surface area is 135 Å². The van der Waals surface area contributed by atoms with Gasteiger partial charge in [-0.15, -0.1) is 0 Å². The molecule has 0 saturated heterocycles. The summed E-state index contributed by atoms with van der Waals surface area (Å²) < 4.78 is 13.0. The highest BCUT2D eigenvalue weighted by Crippen LogP contribution is 2.34. The molecule has 3 rings (SSSR count). The van der Waals surface area contributed by atoms with Gasteiger partial charge < -0.3 is 14.8 Å². The lowest BCUT2D eigenvalue weighted by Gasteiger charge is -2.20. The summed E-state index contributed by atoms with van der Waals surface area (Å²) in [6.07, 6.45) is 3.86. The summed E-state index contributed by atoms with van der Waals surface area (Å²) in [6.45, 7) is 5.80. The Kier molecular flexibility index (Phi) is 4.50. The summed E-state index contributed by atoms with van der Waals surface area (Å²) in [4.78, 5) is 12.7. The number of fused-ring (bicyclic) bond motifs is 1. The normalized spacial score (nSPS) is 13.0. The summed E-state index contributed by atoms with van der Waals surface area (Å²) in [5.41, 5.74) is 1.42. The van der Waals surface area contributed by atoms with E-state index in [9.17, 15) is 4.79 Å². The molecule has 1 aliphatic heterocycles. The molecule has 0 atom stereocenters. The molecule has 0 bridgehead atoms. The Morgan fingerprint density at radius 3 is 3.00 bits per heavy atom. The van der Waals surface area contributed by atoms with Crippen LogP contribution in [0.4, 0.5) is 5.82 Å². The standard InChI is InChI=1S/C17H21N3O3/c1-3-4-8-20-16(12(2)11-18-20)19-17(21)13-6-5-7-14-15(13)23-10-9-22-14/h5-7,11H,3-4,8-10H2,1-2H3,(H,19,21). The minimum absolute atomic E-state index is 0.214. The number of ether oxygens (including phenoxy) is 2. The molecule has 0 spiro atoms. The zero-order valence-corrected chi connectivity index (χ0v) is 13.5. The molecule has 0 unspecified atom stereocenters. The lowest BCUT2D eigenvalue weighted by Crippen LogP contribution is -2.21. The van der Waals surface area contributed by atoms with E-state index in [1.165, 1.54) is 0 Å². The Bertz CT molecular complexity index is 709. The number of amides is 1. The highest BCUT2D eigenvalue weighted by molar-refractivity contribution is 6.06. The Morgan fingerprint density at radius 2 is 2.17 bits per heavy atom. The van der Waals surface area contributed by atoms with Gasteiger partial charge in [0.2, 0.25) is 0 Å². The summed E-state index contributed by atoms with van der Waals surface area (Å²) >= 11 is 0. The summed E-state index contributed by atoms with van der Waals surface area (Å²) in [6, 6.07) is 5.34. The van der Waals surface area contributed by atoms with Crippen LogP contribution in [0.15, 0.2) is 24.4 Å². The van der Waals surface area contributed by atoms with Gasteiger partial charge in [-0.05, 0) is 25.5 Å². The molecule has 0 radical (unpaired) electrons. The Balaban J connectivity index is 1.84. The minimum atomic E-state index is -0.214. The fourth-order valence-corrected chi connectivity index (χ4v) is 2.55. The minimum Gasteiger partial charge on any atom is -0.486 e. The van der Waals surface area contributed by atoms with Crippen molar-refractivity contribution < 1.29 is 14.3 Å². The van der Waals surface area contributed by atoms with Crippen LogP contribution in [0.1, 0.15) is 35.7 Å². The van der Waals surface area contributed by atoms with E-state index in [1.54, 1.807) is 18.3 Å². The number of benzene rings is 1. The number of para-hydroxylation sites is 1. The molecule has 0 aliphatic carbocycles. The summed E-state index contributed by atoms with van der Waals surface area (Å²) in [5.74, 6) is 1.64. The van der Waals surface area contributed by atoms with Crippen molar-refractivity contribution in [3.8, 4) is 11.5 Å². The van der Waals surface area contributed by atoms with Crippen molar-refractivity contribution in [1.29, 1.82) is 0 Å². The largest absolute Gasteiger partial charge is 0.486 e. The number of anilines is 1. The molecule has 2 heterocycles. The Morgan fingerprint density at radius 1 is 1.35 bits per heavy atom. The van der Waals surface area contributed by atoms with Crippen LogP contribution < -0.4 is 14.8 Å². The van der Waals surface area contributed by atoms with Crippen LogP contribution in [0.5, 0.6) is 11.5 Å². The number of hydrogen-bond acceptors (Lipinski definition) is 4. The third-order valence-corrected chi connectivity index (χ3v) is 3.79. The van der Waals surface area contributed by atoms with Crippen molar-refractivity contribution >= 4 is 11.7 Å². The van der Waals surface area contributed by atoms with E-state index in [0.717, 1.165) is 30.8 Å². The number of hydrogen-bond donors (Lipinski definition) is 1. The molecule has 23 heavy (non-hydrogen) atoms. The third kappa shape index (κ3) is 3.16. The highest BCUT2D eigenvalue weighted by atomic mass is 16.6. The van der Waals surface area contributed by atoms with E-state index in [0.29, 0.717) is 30.3 Å². The van der Waals surface area contributed by atoms with Crippen molar-refractivity contribution in [2.75, 3.05) is 18.5 Å². The van der Waals surface area contributed by atoms with Crippen molar-refractivity contribution in [1.82, 2.24) is 9.78 Å². The fourth-order valence-electron chi connectivity index (χ4n) is 2.55. The molecule has 122 valence electrons. The van der Waals surface area contributed by atoms with Gasteiger partial charge in [0.1, 0.15) is 19.0 Å². The van der Waals surface area contributed by atoms with Gasteiger partial charge in [0, 0.05) is 12.1 Å². The molecule has 1 N–H and O–H groups in total. The SMILES string of the molecule is CCCCn1ncc(C)c1NC(=O)c1cccc2c1OCCO2. The molecule has 1 aromatic heterocycles. The highest BCUT2D eigenvalue weighted by Gasteiger charge is 2.21. The van der Waals surface area contributed by atoms with Gasteiger partial charge in [-0.3, -0.25) is 4.79 Å². The fraction of sp³-hybridized carbons (Fsp3) is 0.412. The molecule has 0 fully saturated rings. The van der Waals surface area contributed by atoms with Crippen LogP contribution in [-0.4, -0.2) is 28.9 Å². The Hall–Kier alpha value is -2.50. The number of carbonyl (C=O) groups is 1. The number of rotatable bonds is 5. The van der Waals surface area contributed by atoms with E-state index in [4.69, 9.17) is 9.47 Å². The second-order valence-corrected chi connectivity index (χ2v) is 5.54. The molecule has 1 amide bonds. The van der Waals surface area contributed by atoms with E-state index in [1.807, 2.05) is 17.7 Å². The molecule has 6 heteroatoms. The number of aromatic nitrogens is 2. The molecular weight excluding hydrogens is 294 g/mol. The number of unbranched alkanes of at least 4 members (excludes halogenated alkanes) is 1. The molecule has 1 aromatic carbocycles. The van der Waals surface area contributed by atoms with Gasteiger partial charge in [0.05, 0.1) is 11.8 Å². The van der Waals surface area contributed by atoms with Crippen LogP contribution in [-0.2, 0) is 6.54 Å². The molecular formula is C17H21N3O3. The van der Waals surface area contributed by atoms with Crippen LogP contribution in [0.25, 0.3) is 0 Å². The summed E-state index contributed by atoms with van der Waals surface area (Å²) in [5, 5.41) is 7.29. The third-order valence-electron chi connectivity index (χ3n) is 3.79. The van der Waals surface area contributed by atoms with Gasteiger partial charge in [-0.2, -0.15) is 5.10 Å². The number of nitrogens with one attached hydrogen (secondary N) is 1. The molecule has 6 nitrogen and oxygen atoms in total. The zero-order chi connectivity index (χ0) is 16.2. The van der Waals surface area contributed by atoms with Gasteiger partial charge in [0.15, 0.2) is 11.5 Å². The van der Waals surface area contributed by atoms with Gasteiger partial charge in [0.25, 0.3) is 5.91 Å². The maximum atomic E-state index is 12.7. The lowest BCUT2D eigenvalue weighted by molar-refractivity contribution is 0.101.